The van der Waals surface area contributed by atoms with Gasteiger partial charge in [0.1, 0.15) is 5.82 Å². The van der Waals surface area contributed by atoms with E-state index in [4.69, 9.17) is 10.3 Å². The van der Waals surface area contributed by atoms with Gasteiger partial charge in [-0.15, -0.1) is 0 Å². The fraction of sp³-hybridized carbons (Fsp3) is 0.385. The van der Waals surface area contributed by atoms with Crippen LogP contribution in [0.3, 0.4) is 0 Å². The Hall–Kier alpha value is -1.40. The quantitative estimate of drug-likeness (QED) is 0.913. The molecule has 0 unspecified atom stereocenters. The number of nitrogens with two attached hydrogens (primary N) is 1. The van der Waals surface area contributed by atoms with E-state index >= 15 is 0 Å². The van der Waals surface area contributed by atoms with Crippen LogP contribution in [0.2, 0.25) is 0 Å². The third kappa shape index (κ3) is 4.33. The van der Waals surface area contributed by atoms with Crippen molar-refractivity contribution in [3.05, 3.63) is 35.9 Å². The van der Waals surface area contributed by atoms with Gasteiger partial charge in [0.2, 0.25) is 0 Å². The molecule has 6 heteroatoms. The molecule has 102 valence electrons. The van der Waals surface area contributed by atoms with Crippen molar-refractivity contribution in [2.45, 2.75) is 25.1 Å². The van der Waals surface area contributed by atoms with Gasteiger partial charge in [-0.05, 0) is 38.1 Å². The summed E-state index contributed by atoms with van der Waals surface area (Å²) in [6, 6.07) is 5.96. The van der Waals surface area contributed by atoms with Crippen LogP contribution in [-0.4, -0.2) is 21.4 Å². The minimum Gasteiger partial charge on any atom is -0.334 e. The number of nitrogens with zero attached hydrogens (tertiary/aromatic N) is 2. The Bertz CT molecular complexity index is 534. The maximum absolute atomic E-state index is 12.8. The summed E-state index contributed by atoms with van der Waals surface area (Å²) in [5, 5.41) is 3.89. The van der Waals surface area contributed by atoms with Crippen molar-refractivity contribution in [1.29, 1.82) is 0 Å². The highest BCUT2D eigenvalue weighted by molar-refractivity contribution is 7.98. The molecule has 0 aliphatic carbocycles. The Labute approximate surface area is 115 Å². The minimum atomic E-state index is -0.288. The smallest absolute Gasteiger partial charge is 0.257 e. The molecule has 4 nitrogen and oxygen atoms in total. The normalized spacial score (nSPS) is 11.8. The summed E-state index contributed by atoms with van der Waals surface area (Å²) in [6.45, 7) is 3.94. The summed E-state index contributed by atoms with van der Waals surface area (Å²) in [5.74, 6) is 2.19. The highest BCUT2D eigenvalue weighted by atomic mass is 32.2. The van der Waals surface area contributed by atoms with Gasteiger partial charge in [-0.2, -0.15) is 16.7 Å². The van der Waals surface area contributed by atoms with Gasteiger partial charge in [0.15, 0.2) is 5.82 Å². The minimum absolute atomic E-state index is 0.214. The van der Waals surface area contributed by atoms with Crippen molar-refractivity contribution < 1.29 is 8.91 Å². The van der Waals surface area contributed by atoms with E-state index in [1.165, 1.54) is 12.1 Å². The molecule has 0 fully saturated rings. The number of hydrogen-bond acceptors (Lipinski definition) is 5. The first-order valence-corrected chi connectivity index (χ1v) is 7.05. The first-order valence-electron chi connectivity index (χ1n) is 5.89. The standard InChI is InChI=1S/C13H16FN3OS/c1-13(2,15)8-19-7-11-16-12(18-17-11)9-3-5-10(14)6-4-9/h3-6H,7-8,15H2,1-2H3. The summed E-state index contributed by atoms with van der Waals surface area (Å²) in [4.78, 5) is 4.27. The third-order valence-corrected chi connectivity index (χ3v) is 3.67. The second-order valence-electron chi connectivity index (χ2n) is 5.00. The second-order valence-corrected chi connectivity index (χ2v) is 5.99. The highest BCUT2D eigenvalue weighted by Gasteiger charge is 2.13. The van der Waals surface area contributed by atoms with Crippen LogP contribution in [0.1, 0.15) is 19.7 Å². The highest BCUT2D eigenvalue weighted by Crippen LogP contribution is 2.20. The molecule has 2 rings (SSSR count). The maximum Gasteiger partial charge on any atom is 0.257 e. The molecule has 2 N–H and O–H groups in total. The van der Waals surface area contributed by atoms with Gasteiger partial charge in [-0.3, -0.25) is 0 Å². The summed E-state index contributed by atoms with van der Waals surface area (Å²) >= 11 is 1.65. The second kappa shape index (κ2) is 5.71. The van der Waals surface area contributed by atoms with Gasteiger partial charge < -0.3 is 10.3 Å². The van der Waals surface area contributed by atoms with E-state index in [-0.39, 0.29) is 11.4 Å². The SMILES string of the molecule is CC(C)(N)CSCc1noc(-c2ccc(F)cc2)n1. The summed E-state index contributed by atoms with van der Waals surface area (Å²) in [5.41, 5.74) is 6.39. The van der Waals surface area contributed by atoms with Crippen LogP contribution in [0.4, 0.5) is 4.39 Å². The average Bonchev–Trinajstić information content (AvgIpc) is 2.77. The zero-order valence-corrected chi connectivity index (χ0v) is 11.7. The lowest BCUT2D eigenvalue weighted by molar-refractivity contribution is 0.425. The van der Waals surface area contributed by atoms with Gasteiger partial charge >= 0.3 is 0 Å². The Morgan fingerprint density at radius 3 is 2.63 bits per heavy atom. The third-order valence-electron chi connectivity index (χ3n) is 2.26. The monoisotopic (exact) mass is 281 g/mol. The first-order chi connectivity index (χ1) is 8.94. The van der Waals surface area contributed by atoms with E-state index in [1.54, 1.807) is 23.9 Å². The van der Waals surface area contributed by atoms with Gasteiger partial charge in [-0.25, -0.2) is 4.39 Å². The largest absolute Gasteiger partial charge is 0.334 e. The van der Waals surface area contributed by atoms with E-state index in [0.29, 0.717) is 23.0 Å². The van der Waals surface area contributed by atoms with E-state index < -0.39 is 0 Å². The Balaban J connectivity index is 1.97. The molecule has 1 aromatic heterocycles. The van der Waals surface area contributed by atoms with E-state index in [0.717, 1.165) is 5.75 Å². The molecule has 0 saturated heterocycles. The number of thioether (sulfide) groups is 1. The maximum atomic E-state index is 12.8. The van der Waals surface area contributed by atoms with Gasteiger partial charge in [0.05, 0.1) is 5.75 Å². The molecule has 19 heavy (non-hydrogen) atoms. The van der Waals surface area contributed by atoms with E-state index in [2.05, 4.69) is 10.1 Å². The van der Waals surface area contributed by atoms with Crippen molar-refractivity contribution in [3.63, 3.8) is 0 Å². The zero-order valence-electron chi connectivity index (χ0n) is 10.9. The lowest BCUT2D eigenvalue weighted by atomic mass is 10.1. The molecule has 0 spiro atoms. The van der Waals surface area contributed by atoms with Crippen molar-refractivity contribution >= 4 is 11.8 Å². The number of benzene rings is 1. The van der Waals surface area contributed by atoms with Crippen molar-refractivity contribution in [1.82, 2.24) is 10.1 Å². The molecule has 1 heterocycles. The Kier molecular flexibility index (Phi) is 4.21. The fourth-order valence-corrected chi connectivity index (χ4v) is 2.36. The molecule has 0 saturated carbocycles. The molecule has 0 atom stereocenters. The molecule has 0 amide bonds. The molecule has 2 aromatic rings. The predicted molar refractivity (Wildman–Crippen MR) is 74.1 cm³/mol. The molecular formula is C13H16FN3OS. The summed E-state index contributed by atoms with van der Waals surface area (Å²) in [6.07, 6.45) is 0. The Morgan fingerprint density at radius 1 is 1.32 bits per heavy atom. The van der Waals surface area contributed by atoms with Crippen LogP contribution in [0.5, 0.6) is 0 Å². The summed E-state index contributed by atoms with van der Waals surface area (Å²) < 4.78 is 17.9. The average molecular weight is 281 g/mol. The number of aromatic nitrogens is 2. The van der Waals surface area contributed by atoms with Crippen molar-refractivity contribution in [2.75, 3.05) is 5.75 Å². The zero-order chi connectivity index (χ0) is 13.9. The molecule has 0 bridgehead atoms. The number of rotatable bonds is 5. The predicted octanol–water partition coefficient (Wildman–Crippen LogP) is 2.85. The van der Waals surface area contributed by atoms with E-state index in [1.807, 2.05) is 13.8 Å². The van der Waals surface area contributed by atoms with Crippen LogP contribution in [0, 0.1) is 5.82 Å². The Morgan fingerprint density at radius 2 is 2.00 bits per heavy atom. The van der Waals surface area contributed by atoms with Gasteiger partial charge in [0.25, 0.3) is 5.89 Å². The van der Waals surface area contributed by atoms with Crippen LogP contribution < -0.4 is 5.73 Å². The van der Waals surface area contributed by atoms with Gasteiger partial charge in [0, 0.05) is 16.9 Å². The van der Waals surface area contributed by atoms with Crippen molar-refractivity contribution in [3.8, 4) is 11.5 Å². The lowest BCUT2D eigenvalue weighted by Gasteiger charge is -2.16. The topological polar surface area (TPSA) is 64.9 Å². The van der Waals surface area contributed by atoms with Crippen LogP contribution in [0.15, 0.2) is 28.8 Å². The van der Waals surface area contributed by atoms with Crippen LogP contribution in [-0.2, 0) is 5.75 Å². The molecule has 0 radical (unpaired) electrons. The van der Waals surface area contributed by atoms with Crippen LogP contribution >= 0.6 is 11.8 Å². The summed E-state index contributed by atoms with van der Waals surface area (Å²) in [7, 11) is 0. The molecule has 0 aliphatic rings. The molecule has 0 aliphatic heterocycles. The van der Waals surface area contributed by atoms with E-state index in [9.17, 15) is 4.39 Å². The fourth-order valence-electron chi connectivity index (χ4n) is 1.43. The van der Waals surface area contributed by atoms with Crippen molar-refractivity contribution in [2.24, 2.45) is 5.73 Å². The lowest BCUT2D eigenvalue weighted by Crippen LogP contribution is -2.34. The molecule has 1 aromatic carbocycles. The first kappa shape index (κ1) is 14.0. The molecular weight excluding hydrogens is 265 g/mol. The van der Waals surface area contributed by atoms with Crippen LogP contribution in [0.25, 0.3) is 11.5 Å². The van der Waals surface area contributed by atoms with Gasteiger partial charge in [-0.1, -0.05) is 5.16 Å². The number of halogens is 1. The number of hydrogen-bond donors (Lipinski definition) is 1.